The van der Waals surface area contributed by atoms with Crippen molar-refractivity contribution >= 4 is 11.8 Å². The molecule has 0 bridgehead atoms. The van der Waals surface area contributed by atoms with Gasteiger partial charge in [-0.3, -0.25) is 19.7 Å². The first kappa shape index (κ1) is 22.8. The second-order valence-corrected chi connectivity index (χ2v) is 8.02. The number of aliphatic hydroxyl groups is 2. The minimum atomic E-state index is -1.27. The fourth-order valence-electron chi connectivity index (χ4n) is 3.75. The van der Waals surface area contributed by atoms with Gasteiger partial charge in [0.1, 0.15) is 6.04 Å². The number of amides is 2. The summed E-state index contributed by atoms with van der Waals surface area (Å²) in [7, 11) is 0. The number of aliphatic hydroxyl groups excluding tert-OH is 2. The highest BCUT2D eigenvalue weighted by Crippen LogP contribution is 2.33. The van der Waals surface area contributed by atoms with Gasteiger partial charge in [0.15, 0.2) is 0 Å². The molecule has 1 saturated carbocycles. The minimum Gasteiger partial charge on any atom is -0.392 e. The maximum atomic E-state index is 12.2. The Hall–Kier alpha value is -2.88. The van der Waals surface area contributed by atoms with E-state index < -0.39 is 24.0 Å². The summed E-state index contributed by atoms with van der Waals surface area (Å²) in [6, 6.07) is 5.72. The van der Waals surface area contributed by atoms with Crippen molar-refractivity contribution in [3.8, 4) is 23.7 Å². The zero-order valence-electron chi connectivity index (χ0n) is 17.3. The average molecular weight is 425 g/mol. The molecule has 0 aromatic heterocycles. The number of hydrogen-bond acceptors (Lipinski definition) is 6. The van der Waals surface area contributed by atoms with E-state index in [4.69, 9.17) is 5.21 Å². The Morgan fingerprint density at radius 2 is 1.90 bits per heavy atom. The fraction of sp³-hybridized carbons (Fsp3) is 0.478. The van der Waals surface area contributed by atoms with E-state index in [-0.39, 0.29) is 6.10 Å². The molecule has 2 aliphatic rings. The molecule has 3 atom stereocenters. The number of hydrogen-bond donors (Lipinski definition) is 5. The molecule has 2 fully saturated rings. The van der Waals surface area contributed by atoms with E-state index >= 15 is 0 Å². The molecule has 8 heteroatoms. The van der Waals surface area contributed by atoms with Gasteiger partial charge in [0, 0.05) is 36.2 Å². The monoisotopic (exact) mass is 425 g/mol. The molecule has 1 aliphatic heterocycles. The molecule has 1 saturated heterocycles. The molecule has 1 aromatic carbocycles. The van der Waals surface area contributed by atoms with Crippen molar-refractivity contribution in [2.45, 2.75) is 50.5 Å². The Morgan fingerprint density at radius 3 is 2.48 bits per heavy atom. The Morgan fingerprint density at radius 1 is 1.19 bits per heavy atom. The van der Waals surface area contributed by atoms with Crippen LogP contribution in [0.15, 0.2) is 24.3 Å². The maximum Gasteiger partial charge on any atom is 0.268 e. The molecule has 31 heavy (non-hydrogen) atoms. The number of carbonyl (C=O) groups excluding carboxylic acids is 2. The van der Waals surface area contributed by atoms with Crippen LogP contribution < -0.4 is 10.8 Å². The van der Waals surface area contributed by atoms with E-state index in [1.54, 1.807) is 24.3 Å². The van der Waals surface area contributed by atoms with Gasteiger partial charge in [0.25, 0.3) is 11.8 Å². The largest absolute Gasteiger partial charge is 0.392 e. The van der Waals surface area contributed by atoms with Crippen molar-refractivity contribution in [3.63, 3.8) is 0 Å². The van der Waals surface area contributed by atoms with Crippen LogP contribution >= 0.6 is 0 Å². The van der Waals surface area contributed by atoms with Gasteiger partial charge in [-0.15, -0.1) is 0 Å². The summed E-state index contributed by atoms with van der Waals surface area (Å²) >= 11 is 0. The van der Waals surface area contributed by atoms with Gasteiger partial charge in [-0.05, 0) is 62.3 Å². The molecule has 1 aliphatic carbocycles. The van der Waals surface area contributed by atoms with E-state index in [0.29, 0.717) is 23.1 Å². The number of nitrogens with one attached hydrogen (secondary N) is 2. The Labute approximate surface area is 181 Å². The highest BCUT2D eigenvalue weighted by molar-refractivity contribution is 5.97. The van der Waals surface area contributed by atoms with E-state index in [0.717, 1.165) is 32.4 Å². The SMILES string of the molecule is C[C@@H](O)C(NC(=O)c1ccc(C#CC#CC2CC(N3CCC(O)C3)C2)cc1)C(=O)NO. The lowest BCUT2D eigenvalue weighted by Gasteiger charge is -2.38. The minimum absolute atomic E-state index is 0.187. The fourth-order valence-corrected chi connectivity index (χ4v) is 3.75. The zero-order chi connectivity index (χ0) is 22.4. The van der Waals surface area contributed by atoms with Crippen LogP contribution in [0, 0.1) is 29.6 Å². The van der Waals surface area contributed by atoms with Crippen molar-refractivity contribution in [2.24, 2.45) is 5.92 Å². The molecule has 8 nitrogen and oxygen atoms in total. The van der Waals surface area contributed by atoms with Crippen LogP contribution in [0.4, 0.5) is 0 Å². The summed E-state index contributed by atoms with van der Waals surface area (Å²) < 4.78 is 0. The standard InChI is InChI=1S/C23H27N3O5/c1-15(27)21(23(30)25-31)24-22(29)18-8-6-16(7-9-18)4-2-3-5-17-12-19(13-17)26-11-10-20(28)14-26/h6-9,15,17,19-21,27-28,31H,10-14H2,1H3,(H,24,29)(H,25,30)/t15-,17?,19?,20?,21?/m1/s1. The van der Waals surface area contributed by atoms with Gasteiger partial charge in [0.2, 0.25) is 0 Å². The number of hydroxylamine groups is 1. The van der Waals surface area contributed by atoms with Gasteiger partial charge in [0.05, 0.1) is 12.2 Å². The van der Waals surface area contributed by atoms with Crippen molar-refractivity contribution in [2.75, 3.05) is 13.1 Å². The smallest absolute Gasteiger partial charge is 0.268 e. The van der Waals surface area contributed by atoms with Crippen molar-refractivity contribution in [1.29, 1.82) is 0 Å². The Balaban J connectivity index is 1.48. The summed E-state index contributed by atoms with van der Waals surface area (Å²) in [6.07, 6.45) is 1.54. The first-order valence-corrected chi connectivity index (χ1v) is 10.3. The molecule has 0 radical (unpaired) electrons. The molecule has 164 valence electrons. The lowest BCUT2D eigenvalue weighted by atomic mass is 9.80. The van der Waals surface area contributed by atoms with Crippen molar-refractivity contribution in [3.05, 3.63) is 35.4 Å². The first-order valence-electron chi connectivity index (χ1n) is 10.3. The number of likely N-dealkylation sites (tertiary alicyclic amines) is 1. The van der Waals surface area contributed by atoms with E-state index in [9.17, 15) is 19.8 Å². The van der Waals surface area contributed by atoms with E-state index in [1.807, 2.05) is 0 Å². The van der Waals surface area contributed by atoms with Crippen molar-refractivity contribution < 1.29 is 25.0 Å². The highest BCUT2D eigenvalue weighted by atomic mass is 16.5. The Kier molecular flexibility index (Phi) is 7.67. The van der Waals surface area contributed by atoms with Gasteiger partial charge < -0.3 is 15.5 Å². The summed E-state index contributed by atoms with van der Waals surface area (Å²) in [5, 5.41) is 30.3. The summed E-state index contributed by atoms with van der Waals surface area (Å²) in [6.45, 7) is 3.07. The molecular weight excluding hydrogens is 398 g/mol. The maximum absolute atomic E-state index is 12.2. The van der Waals surface area contributed by atoms with E-state index in [2.05, 4.69) is 33.9 Å². The second kappa shape index (κ2) is 10.4. The molecule has 1 heterocycles. The molecule has 1 aromatic rings. The van der Waals surface area contributed by atoms with E-state index in [1.165, 1.54) is 12.4 Å². The van der Waals surface area contributed by atoms with Gasteiger partial charge in [-0.1, -0.05) is 11.8 Å². The summed E-state index contributed by atoms with van der Waals surface area (Å²) in [5.41, 5.74) is 2.41. The van der Waals surface area contributed by atoms with Crippen LogP contribution in [0.2, 0.25) is 0 Å². The Bertz CT molecular complexity index is 917. The van der Waals surface area contributed by atoms with Crippen LogP contribution in [0.25, 0.3) is 0 Å². The first-order chi connectivity index (χ1) is 14.9. The van der Waals surface area contributed by atoms with Crippen LogP contribution in [0.1, 0.15) is 42.1 Å². The highest BCUT2D eigenvalue weighted by Gasteiger charge is 2.35. The van der Waals surface area contributed by atoms with Gasteiger partial charge in [-0.25, -0.2) is 5.48 Å². The predicted octanol–water partition coefficient (Wildman–Crippen LogP) is -0.129. The number of β-amino-alcohol motifs (C(OH)–C–C–N with tert-alkyl or cyclic N) is 1. The summed E-state index contributed by atoms with van der Waals surface area (Å²) in [5.74, 6) is 10.7. The summed E-state index contributed by atoms with van der Waals surface area (Å²) in [4.78, 5) is 26.1. The topological polar surface area (TPSA) is 122 Å². The molecule has 3 rings (SSSR count). The lowest BCUT2D eigenvalue weighted by molar-refractivity contribution is -0.133. The number of carbonyl (C=O) groups is 2. The third-order valence-corrected chi connectivity index (χ3v) is 5.68. The number of benzene rings is 1. The second-order valence-electron chi connectivity index (χ2n) is 8.02. The van der Waals surface area contributed by atoms with Crippen LogP contribution in [-0.4, -0.2) is 69.5 Å². The van der Waals surface area contributed by atoms with Crippen LogP contribution in [0.3, 0.4) is 0 Å². The molecule has 2 unspecified atom stereocenters. The number of nitrogens with zero attached hydrogens (tertiary/aromatic N) is 1. The molecule has 5 N–H and O–H groups in total. The van der Waals surface area contributed by atoms with Crippen molar-refractivity contribution in [1.82, 2.24) is 15.7 Å². The quantitative estimate of drug-likeness (QED) is 0.255. The normalized spacial score (nSPS) is 24.5. The van der Waals surface area contributed by atoms with Crippen LogP contribution in [-0.2, 0) is 4.79 Å². The average Bonchev–Trinajstić information content (AvgIpc) is 3.15. The third-order valence-electron chi connectivity index (χ3n) is 5.68. The predicted molar refractivity (Wildman–Crippen MR) is 113 cm³/mol. The number of rotatable bonds is 5. The lowest BCUT2D eigenvalue weighted by Crippen LogP contribution is -2.51. The van der Waals surface area contributed by atoms with Gasteiger partial charge >= 0.3 is 0 Å². The zero-order valence-corrected chi connectivity index (χ0v) is 17.3. The van der Waals surface area contributed by atoms with Crippen LogP contribution in [0.5, 0.6) is 0 Å². The van der Waals surface area contributed by atoms with Gasteiger partial charge in [-0.2, -0.15) is 0 Å². The molecule has 2 amide bonds. The molecular formula is C23H27N3O5. The molecule has 0 spiro atoms. The third kappa shape index (κ3) is 6.06.